The maximum atomic E-state index is 12.3. The second kappa shape index (κ2) is 9.85. The molecule has 2 N–H and O–H groups in total. The number of ether oxygens (including phenoxy) is 1. The first kappa shape index (κ1) is 21.4. The van der Waals surface area contributed by atoms with E-state index in [2.05, 4.69) is 4.72 Å². The topological polar surface area (TPSA) is 92.7 Å². The van der Waals surface area contributed by atoms with Crippen LogP contribution in [0.1, 0.15) is 37.0 Å². The lowest BCUT2D eigenvalue weighted by Crippen LogP contribution is -2.23. The van der Waals surface area contributed by atoms with Crippen molar-refractivity contribution in [2.45, 2.75) is 37.3 Å². The molecule has 2 aromatic rings. The standard InChI is InChI=1S/C19H22ClNO5S/c1-2-26-19(23)12-11-18(22)15-5-3-14(4-6-15)13-21-27(24,25)17-9-7-16(20)8-10-17/h3-10,18,21-22H,2,11-13H2,1H3. The molecule has 0 heterocycles. The fourth-order valence-corrected chi connectivity index (χ4v) is 3.53. The summed E-state index contributed by atoms with van der Waals surface area (Å²) in [7, 11) is -3.63. The Morgan fingerprint density at radius 1 is 1.15 bits per heavy atom. The smallest absolute Gasteiger partial charge is 0.305 e. The van der Waals surface area contributed by atoms with Crippen LogP contribution >= 0.6 is 11.6 Å². The molecule has 0 aliphatic heterocycles. The van der Waals surface area contributed by atoms with Crippen molar-refractivity contribution in [3.8, 4) is 0 Å². The van der Waals surface area contributed by atoms with Crippen LogP contribution in [0.15, 0.2) is 53.4 Å². The minimum atomic E-state index is -3.63. The van der Waals surface area contributed by atoms with Gasteiger partial charge in [-0.25, -0.2) is 13.1 Å². The summed E-state index contributed by atoms with van der Waals surface area (Å²) in [5.41, 5.74) is 1.40. The van der Waals surface area contributed by atoms with Crippen LogP contribution in [0.2, 0.25) is 5.02 Å². The number of aliphatic hydroxyl groups excluding tert-OH is 1. The van der Waals surface area contributed by atoms with E-state index in [9.17, 15) is 18.3 Å². The van der Waals surface area contributed by atoms with Gasteiger partial charge in [0.2, 0.25) is 10.0 Å². The van der Waals surface area contributed by atoms with Gasteiger partial charge in [-0.1, -0.05) is 35.9 Å². The Kier molecular flexibility index (Phi) is 7.79. The normalized spacial score (nSPS) is 12.6. The van der Waals surface area contributed by atoms with Crippen LogP contribution in [0.4, 0.5) is 0 Å². The molecule has 0 fully saturated rings. The molecule has 0 aliphatic carbocycles. The van der Waals surface area contributed by atoms with Crippen molar-refractivity contribution in [1.82, 2.24) is 4.72 Å². The lowest BCUT2D eigenvalue weighted by atomic mass is 10.0. The highest BCUT2D eigenvalue weighted by molar-refractivity contribution is 7.89. The van der Waals surface area contributed by atoms with Crippen molar-refractivity contribution in [1.29, 1.82) is 0 Å². The van der Waals surface area contributed by atoms with Crippen molar-refractivity contribution in [3.63, 3.8) is 0 Å². The lowest BCUT2D eigenvalue weighted by Gasteiger charge is -2.12. The Morgan fingerprint density at radius 2 is 1.78 bits per heavy atom. The summed E-state index contributed by atoms with van der Waals surface area (Å²) < 4.78 is 31.9. The minimum absolute atomic E-state index is 0.115. The van der Waals surface area contributed by atoms with Crippen LogP contribution in [-0.2, 0) is 26.1 Å². The van der Waals surface area contributed by atoms with Gasteiger partial charge in [-0.15, -0.1) is 0 Å². The van der Waals surface area contributed by atoms with E-state index in [0.29, 0.717) is 17.2 Å². The zero-order valence-corrected chi connectivity index (χ0v) is 16.5. The molecule has 0 saturated heterocycles. The molecule has 2 rings (SSSR count). The summed E-state index contributed by atoms with van der Waals surface area (Å²) in [5, 5.41) is 10.6. The Labute approximate surface area is 164 Å². The molecule has 27 heavy (non-hydrogen) atoms. The molecule has 1 atom stereocenters. The third kappa shape index (κ3) is 6.62. The molecule has 6 nitrogen and oxygen atoms in total. The van der Waals surface area contributed by atoms with Gasteiger partial charge in [0.25, 0.3) is 0 Å². The molecule has 0 spiro atoms. The largest absolute Gasteiger partial charge is 0.466 e. The van der Waals surface area contributed by atoms with Gasteiger partial charge < -0.3 is 9.84 Å². The SMILES string of the molecule is CCOC(=O)CCC(O)c1ccc(CNS(=O)(=O)c2ccc(Cl)cc2)cc1. The van der Waals surface area contributed by atoms with Crippen molar-refractivity contribution in [2.24, 2.45) is 0 Å². The molecule has 0 amide bonds. The van der Waals surface area contributed by atoms with Crippen LogP contribution in [0.25, 0.3) is 0 Å². The van der Waals surface area contributed by atoms with E-state index >= 15 is 0 Å². The molecule has 0 aromatic heterocycles. The van der Waals surface area contributed by atoms with E-state index < -0.39 is 16.1 Å². The van der Waals surface area contributed by atoms with E-state index in [4.69, 9.17) is 16.3 Å². The number of carbonyl (C=O) groups is 1. The first-order valence-electron chi connectivity index (χ1n) is 8.49. The number of nitrogens with one attached hydrogen (secondary N) is 1. The highest BCUT2D eigenvalue weighted by Crippen LogP contribution is 2.20. The summed E-state index contributed by atoms with van der Waals surface area (Å²) in [6.07, 6.45) is -0.381. The second-order valence-corrected chi connectivity index (χ2v) is 8.08. The highest BCUT2D eigenvalue weighted by Gasteiger charge is 2.14. The Morgan fingerprint density at radius 3 is 2.37 bits per heavy atom. The molecule has 0 bridgehead atoms. The van der Waals surface area contributed by atoms with Gasteiger partial charge in [0.05, 0.1) is 17.6 Å². The summed E-state index contributed by atoms with van der Waals surface area (Å²) in [5.74, 6) is -0.343. The molecular formula is C19H22ClNO5S. The van der Waals surface area contributed by atoms with Gasteiger partial charge in [-0.3, -0.25) is 4.79 Å². The average Bonchev–Trinajstić information content (AvgIpc) is 2.65. The van der Waals surface area contributed by atoms with Gasteiger partial charge in [-0.2, -0.15) is 0 Å². The molecule has 0 saturated carbocycles. The van der Waals surface area contributed by atoms with E-state index in [1.807, 2.05) is 0 Å². The first-order chi connectivity index (χ1) is 12.8. The summed E-state index contributed by atoms with van der Waals surface area (Å²) in [6, 6.07) is 12.8. The Balaban J connectivity index is 1.91. The fourth-order valence-electron chi connectivity index (χ4n) is 2.39. The van der Waals surface area contributed by atoms with Crippen LogP contribution in [0.5, 0.6) is 0 Å². The average molecular weight is 412 g/mol. The monoisotopic (exact) mass is 411 g/mol. The van der Waals surface area contributed by atoms with E-state index in [1.54, 1.807) is 31.2 Å². The van der Waals surface area contributed by atoms with Crippen LogP contribution in [0, 0.1) is 0 Å². The molecule has 146 valence electrons. The van der Waals surface area contributed by atoms with E-state index in [-0.39, 0.29) is 30.3 Å². The highest BCUT2D eigenvalue weighted by atomic mass is 35.5. The van der Waals surface area contributed by atoms with Gasteiger partial charge >= 0.3 is 5.97 Å². The molecule has 1 unspecified atom stereocenters. The van der Waals surface area contributed by atoms with Gasteiger partial charge in [0.15, 0.2) is 0 Å². The third-order valence-corrected chi connectivity index (χ3v) is 5.55. The maximum Gasteiger partial charge on any atom is 0.305 e. The van der Waals surface area contributed by atoms with Gasteiger partial charge in [0.1, 0.15) is 0 Å². The number of rotatable bonds is 9. The Hall–Kier alpha value is -1.93. The van der Waals surface area contributed by atoms with Crippen molar-refractivity contribution >= 4 is 27.6 Å². The minimum Gasteiger partial charge on any atom is -0.466 e. The van der Waals surface area contributed by atoms with Crippen LogP contribution < -0.4 is 4.72 Å². The zero-order valence-electron chi connectivity index (χ0n) is 14.9. The molecule has 8 heteroatoms. The molecule has 2 aromatic carbocycles. The second-order valence-electron chi connectivity index (χ2n) is 5.88. The number of aliphatic hydroxyl groups is 1. The maximum absolute atomic E-state index is 12.3. The van der Waals surface area contributed by atoms with Crippen LogP contribution in [0.3, 0.4) is 0 Å². The number of carbonyl (C=O) groups excluding carboxylic acids is 1. The lowest BCUT2D eigenvalue weighted by molar-refractivity contribution is -0.143. The molecule has 0 aliphatic rings. The number of esters is 1. The van der Waals surface area contributed by atoms with E-state index in [0.717, 1.165) is 5.56 Å². The van der Waals surface area contributed by atoms with E-state index in [1.165, 1.54) is 24.3 Å². The predicted octanol–water partition coefficient (Wildman–Crippen LogP) is 3.20. The van der Waals surface area contributed by atoms with Gasteiger partial charge in [-0.05, 0) is 48.7 Å². The summed E-state index contributed by atoms with van der Waals surface area (Å²) in [4.78, 5) is 11.5. The molecular weight excluding hydrogens is 390 g/mol. The summed E-state index contributed by atoms with van der Waals surface area (Å²) in [6.45, 7) is 2.16. The third-order valence-electron chi connectivity index (χ3n) is 3.88. The van der Waals surface area contributed by atoms with Gasteiger partial charge in [0, 0.05) is 18.0 Å². The quantitative estimate of drug-likeness (QED) is 0.618. The van der Waals surface area contributed by atoms with Crippen molar-refractivity contribution < 1.29 is 23.1 Å². The van der Waals surface area contributed by atoms with Crippen molar-refractivity contribution in [2.75, 3.05) is 6.61 Å². The molecule has 0 radical (unpaired) electrons. The van der Waals surface area contributed by atoms with Crippen molar-refractivity contribution in [3.05, 3.63) is 64.7 Å². The van der Waals surface area contributed by atoms with Crippen LogP contribution in [-0.4, -0.2) is 26.1 Å². The number of hydrogen-bond acceptors (Lipinski definition) is 5. The first-order valence-corrected chi connectivity index (χ1v) is 10.4. The number of hydrogen-bond donors (Lipinski definition) is 2. The summed E-state index contributed by atoms with van der Waals surface area (Å²) >= 11 is 5.77. The fraction of sp³-hybridized carbons (Fsp3) is 0.316. The zero-order chi connectivity index (χ0) is 19.9. The number of benzene rings is 2. The predicted molar refractivity (Wildman–Crippen MR) is 103 cm³/mol. The number of sulfonamides is 1. The number of halogens is 1. The Bertz CT molecular complexity index is 851.